The van der Waals surface area contributed by atoms with E-state index in [0.29, 0.717) is 0 Å². The molecule has 2 fully saturated rings. The maximum absolute atomic E-state index is 3.64. The number of benzene rings is 1. The molecule has 0 aliphatic heterocycles. The second kappa shape index (κ2) is 4.12. The van der Waals surface area contributed by atoms with E-state index in [1.165, 1.54) is 47.6 Å². The first-order chi connectivity index (χ1) is 8.81. The van der Waals surface area contributed by atoms with E-state index in [-0.39, 0.29) is 0 Å². The molecule has 0 amide bonds. The van der Waals surface area contributed by atoms with E-state index >= 15 is 0 Å². The van der Waals surface area contributed by atoms with Gasteiger partial charge in [0.25, 0.3) is 0 Å². The van der Waals surface area contributed by atoms with Crippen molar-refractivity contribution >= 4 is 26.8 Å². The normalized spacial score (nSPS) is 30.4. The predicted octanol–water partition coefficient (Wildman–Crippen LogP) is 4.84. The van der Waals surface area contributed by atoms with E-state index in [4.69, 9.17) is 0 Å². The number of hydrogen-bond donors (Lipinski definition) is 0. The van der Waals surface area contributed by atoms with Crippen molar-refractivity contribution in [2.75, 3.05) is 0 Å². The lowest BCUT2D eigenvalue weighted by Gasteiger charge is -2.22. The van der Waals surface area contributed by atoms with Crippen molar-refractivity contribution in [2.45, 2.75) is 32.2 Å². The molecule has 2 saturated carbocycles. The average molecular weight is 304 g/mol. The molecular weight excluding hydrogens is 286 g/mol. The van der Waals surface area contributed by atoms with Gasteiger partial charge < -0.3 is 4.57 Å². The zero-order valence-electron chi connectivity index (χ0n) is 10.5. The maximum Gasteiger partial charge on any atom is 0.0491 e. The predicted molar refractivity (Wildman–Crippen MR) is 78.6 cm³/mol. The molecule has 0 radical (unpaired) electrons. The molecule has 3 atom stereocenters. The second-order valence-electron chi connectivity index (χ2n) is 6.08. The average Bonchev–Trinajstić information content (AvgIpc) is 3.05. The highest BCUT2D eigenvalue weighted by molar-refractivity contribution is 9.10. The third kappa shape index (κ3) is 1.65. The highest BCUT2D eigenvalue weighted by Crippen LogP contribution is 2.49. The largest absolute Gasteiger partial charge is 0.347 e. The quantitative estimate of drug-likeness (QED) is 0.748. The summed E-state index contributed by atoms with van der Waals surface area (Å²) in [6, 6.07) is 8.76. The van der Waals surface area contributed by atoms with Crippen LogP contribution in [-0.4, -0.2) is 4.57 Å². The van der Waals surface area contributed by atoms with E-state index in [1.807, 2.05) is 0 Å². The molecule has 2 aromatic rings. The fraction of sp³-hybridized carbons (Fsp3) is 0.500. The Balaban J connectivity index is 1.65. The summed E-state index contributed by atoms with van der Waals surface area (Å²) >= 11 is 3.64. The molecule has 18 heavy (non-hydrogen) atoms. The van der Waals surface area contributed by atoms with Crippen molar-refractivity contribution in [1.29, 1.82) is 0 Å². The van der Waals surface area contributed by atoms with Crippen LogP contribution in [0.25, 0.3) is 10.9 Å². The number of fused-ring (bicyclic) bond motifs is 3. The van der Waals surface area contributed by atoms with E-state index in [0.717, 1.165) is 17.8 Å². The zero-order chi connectivity index (χ0) is 12.1. The maximum atomic E-state index is 3.64. The second-order valence-corrected chi connectivity index (χ2v) is 6.93. The van der Waals surface area contributed by atoms with Gasteiger partial charge in [0.2, 0.25) is 0 Å². The van der Waals surface area contributed by atoms with Gasteiger partial charge in [-0.05, 0) is 55.2 Å². The summed E-state index contributed by atoms with van der Waals surface area (Å²) in [6.45, 7) is 1.22. The number of aromatic nitrogens is 1. The van der Waals surface area contributed by atoms with Crippen LogP contribution in [0.5, 0.6) is 0 Å². The van der Waals surface area contributed by atoms with E-state index in [9.17, 15) is 0 Å². The minimum absolute atomic E-state index is 0.929. The van der Waals surface area contributed by atoms with E-state index < -0.39 is 0 Å². The van der Waals surface area contributed by atoms with E-state index in [1.54, 1.807) is 0 Å². The minimum Gasteiger partial charge on any atom is -0.347 e. The molecule has 1 nitrogen and oxygen atoms in total. The van der Waals surface area contributed by atoms with Gasteiger partial charge in [-0.1, -0.05) is 28.4 Å². The molecule has 1 aromatic heterocycles. The van der Waals surface area contributed by atoms with Crippen molar-refractivity contribution in [3.8, 4) is 0 Å². The highest BCUT2D eigenvalue weighted by Gasteiger charge is 2.39. The lowest BCUT2D eigenvalue weighted by Crippen LogP contribution is -2.16. The lowest BCUT2D eigenvalue weighted by molar-refractivity contribution is 0.299. The Hall–Kier alpha value is -0.760. The summed E-state index contributed by atoms with van der Waals surface area (Å²) in [5.74, 6) is 2.99. The molecule has 0 spiro atoms. The van der Waals surface area contributed by atoms with Gasteiger partial charge in [0.05, 0.1) is 0 Å². The van der Waals surface area contributed by atoms with Crippen LogP contribution < -0.4 is 0 Å². The summed E-state index contributed by atoms with van der Waals surface area (Å²) < 4.78 is 3.68. The standard InChI is InChI=1S/C16H18BrN/c17-15-2-1-3-16-14(15)6-7-18(16)10-13-9-11-4-5-12(13)8-11/h1-3,6-7,11-13H,4-5,8-10H2. The molecule has 2 heteroatoms. The number of halogens is 1. The third-order valence-electron chi connectivity index (χ3n) is 5.08. The van der Waals surface area contributed by atoms with E-state index in [2.05, 4.69) is 51.0 Å². The summed E-state index contributed by atoms with van der Waals surface area (Å²) in [4.78, 5) is 0. The molecule has 0 saturated heterocycles. The van der Waals surface area contributed by atoms with Crippen LogP contribution in [0.15, 0.2) is 34.9 Å². The Labute approximate surface area is 116 Å². The molecule has 4 rings (SSSR count). The summed E-state index contributed by atoms with van der Waals surface area (Å²) in [5.41, 5.74) is 1.38. The summed E-state index contributed by atoms with van der Waals surface area (Å²) in [6.07, 6.45) is 8.23. The summed E-state index contributed by atoms with van der Waals surface area (Å²) in [5, 5.41) is 1.35. The SMILES string of the molecule is Brc1cccc2c1ccn2CC1CC2CCC1C2. The Morgan fingerprint density at radius 1 is 1.17 bits per heavy atom. The van der Waals surface area contributed by atoms with Crippen molar-refractivity contribution in [1.82, 2.24) is 4.57 Å². The zero-order valence-corrected chi connectivity index (χ0v) is 12.1. The van der Waals surface area contributed by atoms with Gasteiger partial charge in [0, 0.05) is 28.1 Å². The number of hydrogen-bond acceptors (Lipinski definition) is 0. The smallest absolute Gasteiger partial charge is 0.0491 e. The number of rotatable bonds is 2. The lowest BCUT2D eigenvalue weighted by atomic mass is 9.89. The number of nitrogens with zero attached hydrogens (tertiary/aromatic N) is 1. The first-order valence-electron chi connectivity index (χ1n) is 7.04. The van der Waals surface area contributed by atoms with Crippen LogP contribution in [0.4, 0.5) is 0 Å². The Morgan fingerprint density at radius 2 is 2.11 bits per heavy atom. The van der Waals surface area contributed by atoms with Crippen LogP contribution in [0.3, 0.4) is 0 Å². The van der Waals surface area contributed by atoms with Gasteiger partial charge in [0.1, 0.15) is 0 Å². The molecule has 0 N–H and O–H groups in total. The van der Waals surface area contributed by atoms with Gasteiger partial charge >= 0.3 is 0 Å². The molecule has 94 valence electrons. The Bertz CT molecular complexity index is 586. The van der Waals surface area contributed by atoms with Crippen LogP contribution in [0.2, 0.25) is 0 Å². The first kappa shape index (κ1) is 11.1. The minimum atomic E-state index is 0.929. The molecule has 1 heterocycles. The molecule has 3 unspecified atom stereocenters. The first-order valence-corrected chi connectivity index (χ1v) is 7.84. The molecule has 1 aromatic carbocycles. The van der Waals surface area contributed by atoms with Gasteiger partial charge in [-0.2, -0.15) is 0 Å². The fourth-order valence-electron chi connectivity index (χ4n) is 4.20. The van der Waals surface area contributed by atoms with Gasteiger partial charge in [-0.15, -0.1) is 0 Å². The third-order valence-corrected chi connectivity index (χ3v) is 5.77. The van der Waals surface area contributed by atoms with Crippen LogP contribution in [0.1, 0.15) is 25.7 Å². The highest BCUT2D eigenvalue weighted by atomic mass is 79.9. The van der Waals surface area contributed by atoms with Crippen LogP contribution in [-0.2, 0) is 6.54 Å². The fourth-order valence-corrected chi connectivity index (χ4v) is 4.69. The van der Waals surface area contributed by atoms with Crippen molar-refractivity contribution in [3.63, 3.8) is 0 Å². The van der Waals surface area contributed by atoms with Gasteiger partial charge in [-0.25, -0.2) is 0 Å². The summed E-state index contributed by atoms with van der Waals surface area (Å²) in [7, 11) is 0. The topological polar surface area (TPSA) is 4.93 Å². The van der Waals surface area contributed by atoms with Gasteiger partial charge in [-0.3, -0.25) is 0 Å². The van der Waals surface area contributed by atoms with Crippen LogP contribution in [0, 0.1) is 17.8 Å². The van der Waals surface area contributed by atoms with Crippen LogP contribution >= 0.6 is 15.9 Å². The molecule has 2 aliphatic rings. The van der Waals surface area contributed by atoms with Crippen molar-refractivity contribution in [3.05, 3.63) is 34.9 Å². The monoisotopic (exact) mass is 303 g/mol. The van der Waals surface area contributed by atoms with Gasteiger partial charge in [0.15, 0.2) is 0 Å². The molecular formula is C16H18BrN. The Morgan fingerprint density at radius 3 is 2.89 bits per heavy atom. The van der Waals surface area contributed by atoms with Crippen molar-refractivity contribution in [2.24, 2.45) is 17.8 Å². The van der Waals surface area contributed by atoms with Crippen molar-refractivity contribution < 1.29 is 0 Å². The Kier molecular flexibility index (Phi) is 2.54. The molecule has 2 bridgehead atoms. The molecule has 2 aliphatic carbocycles.